The molecule has 23 heavy (non-hydrogen) atoms. The summed E-state index contributed by atoms with van der Waals surface area (Å²) < 4.78 is 11.0. The molecule has 0 radical (unpaired) electrons. The molecule has 0 saturated carbocycles. The summed E-state index contributed by atoms with van der Waals surface area (Å²) in [6, 6.07) is 5.26. The minimum atomic E-state index is -0.275. The Hall–Kier alpha value is -2.19. The van der Waals surface area contributed by atoms with Crippen LogP contribution >= 0.6 is 11.3 Å². The van der Waals surface area contributed by atoms with Crippen molar-refractivity contribution in [3.8, 4) is 11.5 Å². The highest BCUT2D eigenvalue weighted by atomic mass is 32.1. The predicted octanol–water partition coefficient (Wildman–Crippen LogP) is 1.67. The maximum Gasteiger partial charge on any atom is 0.261 e. The molecule has 0 spiro atoms. The van der Waals surface area contributed by atoms with Crippen molar-refractivity contribution < 1.29 is 14.3 Å². The van der Waals surface area contributed by atoms with E-state index in [1.807, 2.05) is 14.1 Å². The van der Waals surface area contributed by atoms with Gasteiger partial charge in [0.1, 0.15) is 18.2 Å². The number of nitrogens with zero attached hydrogens (tertiary/aromatic N) is 3. The van der Waals surface area contributed by atoms with E-state index >= 15 is 0 Å². The molecule has 0 bridgehead atoms. The molecule has 1 aliphatic heterocycles. The molecule has 1 aromatic heterocycles. The van der Waals surface area contributed by atoms with Crippen LogP contribution in [0.2, 0.25) is 0 Å². The minimum Gasteiger partial charge on any atom is -0.486 e. The number of hydrogen-bond acceptors (Lipinski definition) is 7. The molecule has 1 aromatic carbocycles. The van der Waals surface area contributed by atoms with Crippen molar-refractivity contribution in [2.75, 3.05) is 39.2 Å². The lowest BCUT2D eigenvalue weighted by Crippen LogP contribution is -2.20. The predicted molar refractivity (Wildman–Crippen MR) is 87.6 cm³/mol. The number of likely N-dealkylation sites (N-methyl/N-ethyl adjacent to an activating group) is 1. The zero-order valence-electron chi connectivity index (χ0n) is 13.0. The first kappa shape index (κ1) is 15.7. The van der Waals surface area contributed by atoms with Crippen molar-refractivity contribution in [2.45, 2.75) is 6.42 Å². The number of para-hydroxylation sites is 1. The highest BCUT2D eigenvalue weighted by Crippen LogP contribution is 2.34. The van der Waals surface area contributed by atoms with E-state index in [9.17, 15) is 4.79 Å². The van der Waals surface area contributed by atoms with Crippen LogP contribution in [0.25, 0.3) is 0 Å². The highest BCUT2D eigenvalue weighted by Gasteiger charge is 2.21. The van der Waals surface area contributed by atoms with Gasteiger partial charge >= 0.3 is 0 Å². The Balaban J connectivity index is 1.70. The third-order valence-electron chi connectivity index (χ3n) is 3.27. The molecule has 1 amide bonds. The fourth-order valence-corrected chi connectivity index (χ4v) is 2.86. The second-order valence-corrected chi connectivity index (χ2v) is 6.40. The molecule has 1 N–H and O–H groups in total. The van der Waals surface area contributed by atoms with Gasteiger partial charge in [0, 0.05) is 13.0 Å². The molecule has 8 heteroatoms. The van der Waals surface area contributed by atoms with E-state index in [1.54, 1.807) is 18.2 Å². The summed E-state index contributed by atoms with van der Waals surface area (Å²) in [5.41, 5.74) is 0.437. The van der Waals surface area contributed by atoms with E-state index in [0.29, 0.717) is 35.4 Å². The monoisotopic (exact) mass is 334 g/mol. The quantitative estimate of drug-likeness (QED) is 0.896. The second-order valence-electron chi connectivity index (χ2n) is 5.34. The third-order valence-corrected chi connectivity index (χ3v) is 4.17. The molecule has 3 rings (SSSR count). The van der Waals surface area contributed by atoms with Gasteiger partial charge in [0.05, 0.1) is 5.56 Å². The summed E-state index contributed by atoms with van der Waals surface area (Å²) in [7, 11) is 4.01. The van der Waals surface area contributed by atoms with Gasteiger partial charge in [-0.3, -0.25) is 10.1 Å². The van der Waals surface area contributed by atoms with Crippen LogP contribution in [0, 0.1) is 0 Å². The zero-order chi connectivity index (χ0) is 16.2. The van der Waals surface area contributed by atoms with Crippen molar-refractivity contribution in [1.29, 1.82) is 0 Å². The van der Waals surface area contributed by atoms with Crippen molar-refractivity contribution in [2.24, 2.45) is 0 Å². The first-order valence-corrected chi connectivity index (χ1v) is 8.12. The van der Waals surface area contributed by atoms with E-state index in [1.165, 1.54) is 11.3 Å². The van der Waals surface area contributed by atoms with E-state index in [4.69, 9.17) is 9.47 Å². The van der Waals surface area contributed by atoms with E-state index < -0.39 is 0 Å². The van der Waals surface area contributed by atoms with E-state index in [-0.39, 0.29) is 5.91 Å². The first-order chi connectivity index (χ1) is 11.1. The van der Waals surface area contributed by atoms with Crippen LogP contribution in [0.15, 0.2) is 18.2 Å². The van der Waals surface area contributed by atoms with Gasteiger partial charge in [-0.15, -0.1) is 10.2 Å². The summed E-state index contributed by atoms with van der Waals surface area (Å²) in [4.78, 5) is 14.5. The Kier molecular flexibility index (Phi) is 4.73. The number of fused-ring (bicyclic) bond motifs is 1. The lowest BCUT2D eigenvalue weighted by atomic mass is 10.1. The maximum absolute atomic E-state index is 12.4. The second kappa shape index (κ2) is 6.93. The molecule has 0 atom stereocenters. The normalized spacial score (nSPS) is 13.2. The minimum absolute atomic E-state index is 0.275. The number of carbonyl (C=O) groups is 1. The van der Waals surface area contributed by atoms with Crippen LogP contribution in [-0.4, -0.2) is 54.9 Å². The Bertz CT molecular complexity index is 702. The zero-order valence-corrected chi connectivity index (χ0v) is 13.9. The van der Waals surface area contributed by atoms with Crippen molar-refractivity contribution in [1.82, 2.24) is 15.1 Å². The largest absolute Gasteiger partial charge is 0.486 e. The molecular formula is C15H18N4O3S. The summed E-state index contributed by atoms with van der Waals surface area (Å²) in [5, 5.41) is 12.3. The van der Waals surface area contributed by atoms with Gasteiger partial charge < -0.3 is 14.4 Å². The molecule has 0 aliphatic carbocycles. The van der Waals surface area contributed by atoms with Crippen molar-refractivity contribution >= 4 is 22.4 Å². The van der Waals surface area contributed by atoms with Gasteiger partial charge in [0.25, 0.3) is 5.91 Å². The van der Waals surface area contributed by atoms with Crippen LogP contribution in [0.5, 0.6) is 11.5 Å². The Morgan fingerprint density at radius 1 is 1.30 bits per heavy atom. The SMILES string of the molecule is CN(C)CCc1nnc(NC(=O)c2cccc3c2OCCO3)s1. The van der Waals surface area contributed by atoms with Crippen molar-refractivity contribution in [3.63, 3.8) is 0 Å². The van der Waals surface area contributed by atoms with Crippen LogP contribution in [0.1, 0.15) is 15.4 Å². The molecular weight excluding hydrogens is 316 g/mol. The number of amides is 1. The molecule has 7 nitrogen and oxygen atoms in total. The summed E-state index contributed by atoms with van der Waals surface area (Å²) >= 11 is 1.38. The first-order valence-electron chi connectivity index (χ1n) is 7.30. The molecule has 0 saturated heterocycles. The standard InChI is InChI=1S/C15H18N4O3S/c1-19(2)7-6-12-17-18-15(23-12)16-14(20)10-4-3-5-11-13(10)22-9-8-21-11/h3-5H,6-9H2,1-2H3,(H,16,18,20). The van der Waals surface area contributed by atoms with Gasteiger partial charge in [-0.05, 0) is 26.2 Å². The Morgan fingerprint density at radius 3 is 2.96 bits per heavy atom. The lowest BCUT2D eigenvalue weighted by Gasteiger charge is -2.20. The topological polar surface area (TPSA) is 76.6 Å². The smallest absolute Gasteiger partial charge is 0.261 e. The number of anilines is 1. The fourth-order valence-electron chi connectivity index (χ4n) is 2.14. The molecule has 122 valence electrons. The third kappa shape index (κ3) is 3.77. The van der Waals surface area contributed by atoms with Gasteiger partial charge in [-0.2, -0.15) is 0 Å². The molecule has 0 fully saturated rings. The van der Waals surface area contributed by atoms with Crippen LogP contribution in [0.3, 0.4) is 0 Å². The molecule has 2 aromatic rings. The molecule has 0 unspecified atom stereocenters. The number of ether oxygens (including phenoxy) is 2. The summed E-state index contributed by atoms with van der Waals surface area (Å²) in [6.45, 7) is 1.81. The number of rotatable bonds is 5. The number of nitrogens with one attached hydrogen (secondary N) is 1. The van der Waals surface area contributed by atoms with Gasteiger partial charge in [0.15, 0.2) is 11.5 Å². The highest BCUT2D eigenvalue weighted by molar-refractivity contribution is 7.15. The molecule has 2 heterocycles. The van der Waals surface area contributed by atoms with Gasteiger partial charge in [-0.25, -0.2) is 0 Å². The lowest BCUT2D eigenvalue weighted by molar-refractivity contribution is 0.101. The summed E-state index contributed by atoms with van der Waals surface area (Å²) in [5.74, 6) is 0.795. The van der Waals surface area contributed by atoms with Crippen LogP contribution < -0.4 is 14.8 Å². The average Bonchev–Trinajstić information content (AvgIpc) is 2.99. The van der Waals surface area contributed by atoms with Crippen LogP contribution in [0.4, 0.5) is 5.13 Å². The van der Waals surface area contributed by atoms with E-state index in [0.717, 1.165) is 18.0 Å². The number of carbonyl (C=O) groups excluding carboxylic acids is 1. The Morgan fingerprint density at radius 2 is 2.13 bits per heavy atom. The van der Waals surface area contributed by atoms with E-state index in [2.05, 4.69) is 20.4 Å². The van der Waals surface area contributed by atoms with Crippen molar-refractivity contribution in [3.05, 3.63) is 28.8 Å². The summed E-state index contributed by atoms with van der Waals surface area (Å²) in [6.07, 6.45) is 0.804. The van der Waals surface area contributed by atoms with Gasteiger partial charge in [-0.1, -0.05) is 17.4 Å². The number of aromatic nitrogens is 2. The van der Waals surface area contributed by atoms with Crippen LogP contribution in [-0.2, 0) is 6.42 Å². The number of hydrogen-bond donors (Lipinski definition) is 1. The maximum atomic E-state index is 12.4. The fraction of sp³-hybridized carbons (Fsp3) is 0.400. The molecule has 1 aliphatic rings. The average molecular weight is 334 g/mol. The Labute approximate surface area is 138 Å². The number of benzene rings is 1. The van der Waals surface area contributed by atoms with Gasteiger partial charge in [0.2, 0.25) is 5.13 Å².